The average Bonchev–Trinajstić information content (AvgIpc) is 3.61. The fraction of sp³-hybridized carbons (Fsp3) is 0.192. The summed E-state index contributed by atoms with van der Waals surface area (Å²) in [6.07, 6.45) is -0.138. The van der Waals surface area contributed by atoms with Crippen LogP contribution in [0.4, 0.5) is 10.5 Å². The highest BCUT2D eigenvalue weighted by molar-refractivity contribution is 7.87. The molecule has 39 heavy (non-hydrogen) atoms. The molecule has 2 amide bonds. The van der Waals surface area contributed by atoms with Gasteiger partial charge in [0.25, 0.3) is 0 Å². The second-order valence-electron chi connectivity index (χ2n) is 8.51. The molecule has 0 aliphatic rings. The Morgan fingerprint density at radius 1 is 0.974 bits per heavy atom. The van der Waals surface area contributed by atoms with Crippen LogP contribution < -0.4 is 15.4 Å². The van der Waals surface area contributed by atoms with Gasteiger partial charge < -0.3 is 15.4 Å². The van der Waals surface area contributed by atoms with Crippen LogP contribution >= 0.6 is 22.7 Å². The monoisotopic (exact) mass is 586 g/mol. The molecular formula is C26H26N4O6S3. The number of hydrogen-bond donors (Lipinski definition) is 4. The van der Waals surface area contributed by atoms with Gasteiger partial charge in [0.2, 0.25) is 5.91 Å². The maximum absolute atomic E-state index is 13.5. The zero-order chi connectivity index (χ0) is 27.8. The largest absolute Gasteiger partial charge is 0.453 e. The lowest BCUT2D eigenvalue weighted by atomic mass is 10.0. The smallest absolute Gasteiger partial charge is 0.407 e. The topological polar surface area (TPSA) is 147 Å². The molecule has 10 nitrogen and oxygen atoms in total. The van der Waals surface area contributed by atoms with Crippen LogP contribution in [0, 0.1) is 0 Å². The van der Waals surface area contributed by atoms with Crippen LogP contribution in [0.5, 0.6) is 0 Å². The number of nitrogens with zero attached hydrogens (tertiary/aromatic N) is 1. The first-order valence-corrected chi connectivity index (χ1v) is 15.0. The van der Waals surface area contributed by atoms with E-state index >= 15 is 0 Å². The maximum atomic E-state index is 13.5. The van der Waals surface area contributed by atoms with E-state index in [0.29, 0.717) is 12.1 Å². The van der Waals surface area contributed by atoms with Crippen LogP contribution in [-0.4, -0.2) is 43.1 Å². The molecule has 2 aromatic heterocycles. The predicted octanol–water partition coefficient (Wildman–Crippen LogP) is 4.45. The van der Waals surface area contributed by atoms with Crippen molar-refractivity contribution in [2.75, 3.05) is 11.8 Å². The third-order valence-electron chi connectivity index (χ3n) is 5.68. The second kappa shape index (κ2) is 12.8. The van der Waals surface area contributed by atoms with Crippen LogP contribution in [0.15, 0.2) is 76.8 Å². The number of carbonyl (C=O) groups is 2. The summed E-state index contributed by atoms with van der Waals surface area (Å²) in [4.78, 5) is 30.3. The van der Waals surface area contributed by atoms with Gasteiger partial charge in [-0.2, -0.15) is 19.8 Å². The van der Waals surface area contributed by atoms with Gasteiger partial charge in [-0.05, 0) is 41.1 Å². The van der Waals surface area contributed by atoms with Crippen molar-refractivity contribution in [1.29, 1.82) is 0 Å². The highest BCUT2D eigenvalue weighted by Crippen LogP contribution is 2.29. The predicted molar refractivity (Wildman–Crippen MR) is 151 cm³/mol. The van der Waals surface area contributed by atoms with Crippen molar-refractivity contribution in [1.82, 2.24) is 15.6 Å². The van der Waals surface area contributed by atoms with Gasteiger partial charge in [-0.15, -0.1) is 11.3 Å². The summed E-state index contributed by atoms with van der Waals surface area (Å²) in [5.41, 5.74) is 3.47. The van der Waals surface area contributed by atoms with Crippen molar-refractivity contribution in [2.24, 2.45) is 0 Å². The van der Waals surface area contributed by atoms with E-state index in [0.717, 1.165) is 21.7 Å². The highest BCUT2D eigenvalue weighted by atomic mass is 32.2. The Kier molecular flexibility index (Phi) is 9.30. The number of rotatable bonds is 11. The van der Waals surface area contributed by atoms with Gasteiger partial charge in [-0.25, -0.2) is 9.78 Å². The third kappa shape index (κ3) is 8.35. The van der Waals surface area contributed by atoms with Gasteiger partial charge >= 0.3 is 16.4 Å². The van der Waals surface area contributed by atoms with Gasteiger partial charge in [0.15, 0.2) is 0 Å². The summed E-state index contributed by atoms with van der Waals surface area (Å²) in [5.74, 6) is -0.413. The number of methoxy groups -OCH3 is 1. The number of aromatic nitrogens is 1. The molecule has 0 saturated heterocycles. The quantitative estimate of drug-likeness (QED) is 0.190. The number of ether oxygens (including phenoxy) is 1. The van der Waals surface area contributed by atoms with Crippen molar-refractivity contribution in [2.45, 2.75) is 24.9 Å². The zero-order valence-corrected chi connectivity index (χ0v) is 23.2. The van der Waals surface area contributed by atoms with Crippen LogP contribution in [0.1, 0.15) is 22.9 Å². The van der Waals surface area contributed by atoms with Crippen LogP contribution in [0.3, 0.4) is 0 Å². The van der Waals surface area contributed by atoms with Crippen molar-refractivity contribution in [3.05, 3.63) is 93.6 Å². The lowest BCUT2D eigenvalue weighted by Crippen LogP contribution is -2.49. The minimum absolute atomic E-state index is 0.195. The van der Waals surface area contributed by atoms with Gasteiger partial charge in [0.1, 0.15) is 11.0 Å². The first-order chi connectivity index (χ1) is 18.7. The Morgan fingerprint density at radius 3 is 2.33 bits per heavy atom. The van der Waals surface area contributed by atoms with Crippen LogP contribution in [0.25, 0.3) is 10.6 Å². The summed E-state index contributed by atoms with van der Waals surface area (Å²) < 4.78 is 38.0. The number of alkyl carbamates (subject to hydrolysis) is 1. The van der Waals surface area contributed by atoms with Gasteiger partial charge in [0.05, 0.1) is 24.5 Å². The number of amides is 2. The molecule has 2 unspecified atom stereocenters. The molecule has 4 aromatic rings. The molecule has 0 bridgehead atoms. The fourth-order valence-corrected chi connectivity index (χ4v) is 5.84. The molecule has 2 atom stereocenters. The summed E-state index contributed by atoms with van der Waals surface area (Å²) in [6, 6.07) is 16.2. The van der Waals surface area contributed by atoms with Gasteiger partial charge in [0, 0.05) is 22.7 Å². The minimum Gasteiger partial charge on any atom is -0.453 e. The molecule has 13 heteroatoms. The number of carbonyl (C=O) groups excluding carboxylic acids is 2. The Labute approximate surface area is 234 Å². The summed E-state index contributed by atoms with van der Waals surface area (Å²) in [5, 5.41) is 12.3. The van der Waals surface area contributed by atoms with Crippen molar-refractivity contribution >= 4 is 50.7 Å². The van der Waals surface area contributed by atoms with Crippen LogP contribution in [0.2, 0.25) is 0 Å². The molecule has 0 radical (unpaired) electrons. The molecule has 0 aliphatic heterocycles. The number of hydrogen-bond acceptors (Lipinski definition) is 8. The fourth-order valence-electron chi connectivity index (χ4n) is 3.82. The number of anilines is 1. The summed E-state index contributed by atoms with van der Waals surface area (Å²) in [7, 11) is -3.16. The van der Waals surface area contributed by atoms with E-state index in [2.05, 4.69) is 10.6 Å². The molecule has 204 valence electrons. The molecule has 0 saturated carbocycles. The molecule has 0 spiro atoms. The normalized spacial score (nSPS) is 12.8. The van der Waals surface area contributed by atoms with Crippen molar-refractivity contribution in [3.63, 3.8) is 0 Å². The van der Waals surface area contributed by atoms with E-state index in [1.54, 1.807) is 23.5 Å². The Bertz CT molecular complexity index is 1490. The van der Waals surface area contributed by atoms with E-state index in [9.17, 15) is 18.0 Å². The van der Waals surface area contributed by atoms with E-state index in [4.69, 9.17) is 14.3 Å². The maximum Gasteiger partial charge on any atom is 0.407 e. The summed E-state index contributed by atoms with van der Waals surface area (Å²) in [6.45, 7) is 0. The first-order valence-electron chi connectivity index (χ1n) is 11.7. The SMILES string of the molecule is COC(=O)NC(Cc1ccccc1)C(=O)NC(Cc1ccc(NS(=O)(=O)O)cc1)c1csc(-c2ccsc2)n1. The molecule has 0 fully saturated rings. The zero-order valence-electron chi connectivity index (χ0n) is 20.7. The van der Waals surface area contributed by atoms with Crippen molar-refractivity contribution in [3.8, 4) is 10.6 Å². The number of benzene rings is 2. The highest BCUT2D eigenvalue weighted by Gasteiger charge is 2.26. The number of nitrogens with one attached hydrogen (secondary N) is 3. The second-order valence-corrected chi connectivity index (χ2v) is 11.3. The lowest BCUT2D eigenvalue weighted by Gasteiger charge is -2.23. The molecule has 4 rings (SSSR count). The molecule has 2 heterocycles. The Balaban J connectivity index is 1.59. The average molecular weight is 587 g/mol. The molecule has 0 aliphatic carbocycles. The van der Waals surface area contributed by atoms with E-state index in [-0.39, 0.29) is 12.1 Å². The van der Waals surface area contributed by atoms with E-state index in [1.807, 2.05) is 57.3 Å². The van der Waals surface area contributed by atoms with Crippen LogP contribution in [-0.2, 0) is 32.7 Å². The van der Waals surface area contributed by atoms with E-state index in [1.165, 1.54) is 30.6 Å². The van der Waals surface area contributed by atoms with Gasteiger partial charge in [-0.3, -0.25) is 14.1 Å². The van der Waals surface area contributed by atoms with Gasteiger partial charge in [-0.1, -0.05) is 42.5 Å². The minimum atomic E-state index is -4.40. The Hall–Kier alpha value is -3.78. The molecule has 4 N–H and O–H groups in total. The number of thiophene rings is 1. The third-order valence-corrected chi connectivity index (χ3v) is 7.77. The first kappa shape index (κ1) is 28.2. The molecular weight excluding hydrogens is 561 g/mol. The Morgan fingerprint density at radius 2 is 1.69 bits per heavy atom. The summed E-state index contributed by atoms with van der Waals surface area (Å²) >= 11 is 3.02. The van der Waals surface area contributed by atoms with Crippen molar-refractivity contribution < 1.29 is 27.3 Å². The standard InChI is InChI=1S/C26H26N4O6S3/c1-36-26(32)29-22(14-17-5-3-2-4-6-17)24(31)27-21(23-16-38-25(28-23)19-11-12-37-15-19)13-18-7-9-20(10-8-18)30-39(33,34)35/h2-12,15-16,21-22,30H,13-14H2,1H3,(H,27,31)(H,29,32)(H,33,34,35). The lowest BCUT2D eigenvalue weighted by molar-refractivity contribution is -0.123. The number of thiazole rings is 1. The molecule has 2 aromatic carbocycles. The van der Waals surface area contributed by atoms with E-state index < -0.39 is 34.4 Å².